The summed E-state index contributed by atoms with van der Waals surface area (Å²) < 4.78 is 5.99. The Kier molecular flexibility index (Phi) is 4.64. The Morgan fingerprint density at radius 2 is 2.21 bits per heavy atom. The maximum atomic E-state index is 12.4. The second-order valence-corrected chi connectivity index (χ2v) is 5.74. The largest absolute Gasteiger partial charge is 0.367 e. The molecule has 2 N–H and O–H groups in total. The second-order valence-electron chi connectivity index (χ2n) is 4.14. The standard InChI is InChI=1S/C12H12ClIN2O3/c13-7-1-2-8(9(14)5-7)12(18)16-3-4-19-10(6-16)11(15)17/h1-2,5,10H,3-4,6H2,(H2,15,17). The minimum absolute atomic E-state index is 0.143. The van der Waals surface area contributed by atoms with Gasteiger partial charge in [0.1, 0.15) is 0 Å². The predicted octanol–water partition coefficient (Wildman–Crippen LogP) is 1.27. The molecule has 102 valence electrons. The quantitative estimate of drug-likeness (QED) is 0.768. The Labute approximate surface area is 129 Å². The van der Waals surface area contributed by atoms with E-state index < -0.39 is 12.0 Å². The van der Waals surface area contributed by atoms with Crippen LogP contribution in [-0.4, -0.2) is 42.5 Å². The van der Waals surface area contributed by atoms with Crippen LogP contribution in [0.25, 0.3) is 0 Å². The molecule has 7 heteroatoms. The third kappa shape index (κ3) is 3.37. The normalized spacial score (nSPS) is 19.3. The Bertz CT molecular complexity index is 524. The first kappa shape index (κ1) is 14.5. The zero-order valence-electron chi connectivity index (χ0n) is 9.94. The molecule has 2 amide bonds. The number of rotatable bonds is 2. The average molecular weight is 395 g/mol. The van der Waals surface area contributed by atoms with E-state index in [2.05, 4.69) is 22.6 Å². The van der Waals surface area contributed by atoms with Gasteiger partial charge in [-0.1, -0.05) is 11.6 Å². The van der Waals surface area contributed by atoms with Crippen molar-refractivity contribution in [2.24, 2.45) is 5.73 Å². The van der Waals surface area contributed by atoms with Gasteiger partial charge in [-0.3, -0.25) is 9.59 Å². The van der Waals surface area contributed by atoms with Gasteiger partial charge in [0, 0.05) is 15.1 Å². The SMILES string of the molecule is NC(=O)C1CN(C(=O)c2ccc(Cl)cc2I)CCO1. The molecule has 0 spiro atoms. The summed E-state index contributed by atoms with van der Waals surface area (Å²) in [6.45, 7) is 0.942. The van der Waals surface area contributed by atoms with Crippen LogP contribution in [0.5, 0.6) is 0 Å². The van der Waals surface area contributed by atoms with Crippen LogP contribution in [0.1, 0.15) is 10.4 Å². The van der Waals surface area contributed by atoms with Gasteiger partial charge < -0.3 is 15.4 Å². The fourth-order valence-electron chi connectivity index (χ4n) is 1.84. The number of hydrogen-bond acceptors (Lipinski definition) is 3. The lowest BCUT2D eigenvalue weighted by molar-refractivity contribution is -0.133. The number of primary amides is 1. The molecule has 1 atom stereocenters. The molecule has 1 heterocycles. The van der Waals surface area contributed by atoms with E-state index in [0.717, 1.165) is 3.57 Å². The van der Waals surface area contributed by atoms with Gasteiger partial charge in [0.15, 0.2) is 6.10 Å². The topological polar surface area (TPSA) is 72.6 Å². The molecule has 0 aliphatic carbocycles. The molecule has 1 saturated heterocycles. The van der Waals surface area contributed by atoms with Gasteiger partial charge >= 0.3 is 0 Å². The van der Waals surface area contributed by atoms with E-state index in [1.54, 1.807) is 23.1 Å². The summed E-state index contributed by atoms with van der Waals surface area (Å²) in [5, 5.41) is 0.581. The molecule has 1 aromatic carbocycles. The van der Waals surface area contributed by atoms with E-state index in [1.165, 1.54) is 0 Å². The number of morpholine rings is 1. The van der Waals surface area contributed by atoms with Gasteiger partial charge in [0.2, 0.25) is 5.91 Å². The monoisotopic (exact) mass is 394 g/mol. The minimum atomic E-state index is -0.734. The number of carbonyl (C=O) groups is 2. The van der Waals surface area contributed by atoms with Crippen molar-refractivity contribution in [3.63, 3.8) is 0 Å². The summed E-state index contributed by atoms with van der Waals surface area (Å²) in [5.41, 5.74) is 5.76. The van der Waals surface area contributed by atoms with E-state index in [-0.39, 0.29) is 12.5 Å². The van der Waals surface area contributed by atoms with Crippen molar-refractivity contribution in [3.05, 3.63) is 32.4 Å². The molecule has 0 radical (unpaired) electrons. The Morgan fingerprint density at radius 1 is 1.47 bits per heavy atom. The summed E-state index contributed by atoms with van der Waals surface area (Å²) in [6.07, 6.45) is -0.734. The third-order valence-electron chi connectivity index (χ3n) is 2.83. The van der Waals surface area contributed by atoms with Crippen molar-refractivity contribution in [2.45, 2.75) is 6.10 Å². The molecule has 0 aromatic heterocycles. The van der Waals surface area contributed by atoms with Crippen LogP contribution < -0.4 is 5.73 Å². The van der Waals surface area contributed by atoms with Crippen LogP contribution in [0.4, 0.5) is 0 Å². The van der Waals surface area contributed by atoms with Crippen molar-refractivity contribution in [2.75, 3.05) is 19.7 Å². The molecular weight excluding hydrogens is 383 g/mol. The van der Waals surface area contributed by atoms with E-state index in [9.17, 15) is 9.59 Å². The maximum absolute atomic E-state index is 12.4. The highest BCUT2D eigenvalue weighted by Crippen LogP contribution is 2.20. The Morgan fingerprint density at radius 3 is 2.84 bits per heavy atom. The lowest BCUT2D eigenvalue weighted by Gasteiger charge is -2.31. The van der Waals surface area contributed by atoms with Crippen LogP contribution in [-0.2, 0) is 9.53 Å². The van der Waals surface area contributed by atoms with Crippen molar-refractivity contribution < 1.29 is 14.3 Å². The van der Waals surface area contributed by atoms with E-state index in [4.69, 9.17) is 22.1 Å². The number of carbonyl (C=O) groups excluding carboxylic acids is 2. The predicted molar refractivity (Wildman–Crippen MR) is 79.0 cm³/mol. The number of nitrogens with zero attached hydrogens (tertiary/aromatic N) is 1. The van der Waals surface area contributed by atoms with Crippen molar-refractivity contribution in [1.82, 2.24) is 4.90 Å². The molecule has 2 rings (SSSR count). The van der Waals surface area contributed by atoms with Crippen molar-refractivity contribution >= 4 is 46.0 Å². The number of amides is 2. The molecule has 1 fully saturated rings. The van der Waals surface area contributed by atoms with Gasteiger partial charge in [0.05, 0.1) is 18.7 Å². The van der Waals surface area contributed by atoms with Crippen LogP contribution in [0.15, 0.2) is 18.2 Å². The van der Waals surface area contributed by atoms with Crippen LogP contribution >= 0.6 is 34.2 Å². The van der Waals surface area contributed by atoms with Crippen molar-refractivity contribution in [3.8, 4) is 0 Å². The van der Waals surface area contributed by atoms with Gasteiger partial charge in [-0.05, 0) is 40.8 Å². The molecular formula is C12H12ClIN2O3. The molecule has 19 heavy (non-hydrogen) atoms. The smallest absolute Gasteiger partial charge is 0.255 e. The fourth-order valence-corrected chi connectivity index (χ4v) is 2.94. The lowest BCUT2D eigenvalue weighted by Crippen LogP contribution is -2.50. The minimum Gasteiger partial charge on any atom is -0.367 e. The Hall–Kier alpha value is -0.860. The van der Waals surface area contributed by atoms with Crippen molar-refractivity contribution in [1.29, 1.82) is 0 Å². The average Bonchev–Trinajstić information content (AvgIpc) is 2.38. The molecule has 0 saturated carbocycles. The van der Waals surface area contributed by atoms with Gasteiger partial charge in [-0.25, -0.2) is 0 Å². The lowest BCUT2D eigenvalue weighted by atomic mass is 10.1. The number of halogens is 2. The van der Waals surface area contributed by atoms with E-state index in [1.807, 2.05) is 0 Å². The van der Waals surface area contributed by atoms with Gasteiger partial charge in [-0.2, -0.15) is 0 Å². The first-order chi connectivity index (χ1) is 8.99. The Balaban J connectivity index is 2.17. The zero-order valence-corrected chi connectivity index (χ0v) is 12.8. The highest BCUT2D eigenvalue weighted by atomic mass is 127. The van der Waals surface area contributed by atoms with E-state index >= 15 is 0 Å². The third-order valence-corrected chi connectivity index (χ3v) is 3.96. The number of nitrogens with two attached hydrogens (primary N) is 1. The number of ether oxygens (including phenoxy) is 1. The summed E-state index contributed by atoms with van der Waals surface area (Å²) in [6, 6.07) is 5.07. The molecule has 5 nitrogen and oxygen atoms in total. The second kappa shape index (κ2) is 6.06. The van der Waals surface area contributed by atoms with Crippen LogP contribution in [0, 0.1) is 3.57 Å². The number of benzene rings is 1. The summed E-state index contributed by atoms with van der Waals surface area (Å²) in [7, 11) is 0. The molecule has 1 aromatic rings. The highest BCUT2D eigenvalue weighted by Gasteiger charge is 2.28. The van der Waals surface area contributed by atoms with Gasteiger partial charge in [0.25, 0.3) is 5.91 Å². The first-order valence-corrected chi connectivity index (χ1v) is 7.10. The molecule has 1 aliphatic heterocycles. The summed E-state index contributed by atoms with van der Waals surface area (Å²) in [5.74, 6) is -0.695. The highest BCUT2D eigenvalue weighted by molar-refractivity contribution is 14.1. The fraction of sp³-hybridized carbons (Fsp3) is 0.333. The van der Waals surface area contributed by atoms with Crippen LogP contribution in [0.2, 0.25) is 5.02 Å². The molecule has 1 aliphatic rings. The maximum Gasteiger partial charge on any atom is 0.255 e. The summed E-state index contributed by atoms with van der Waals surface area (Å²) in [4.78, 5) is 25.1. The van der Waals surface area contributed by atoms with Gasteiger partial charge in [-0.15, -0.1) is 0 Å². The first-order valence-electron chi connectivity index (χ1n) is 5.64. The molecule has 0 bridgehead atoms. The summed E-state index contributed by atoms with van der Waals surface area (Å²) >= 11 is 7.92. The van der Waals surface area contributed by atoms with E-state index in [0.29, 0.717) is 23.7 Å². The molecule has 1 unspecified atom stereocenters. The van der Waals surface area contributed by atoms with Crippen LogP contribution in [0.3, 0.4) is 0 Å². The number of hydrogen-bond donors (Lipinski definition) is 1. The zero-order chi connectivity index (χ0) is 14.0.